The van der Waals surface area contributed by atoms with Gasteiger partial charge in [0.25, 0.3) is 0 Å². The van der Waals surface area contributed by atoms with E-state index in [9.17, 15) is 0 Å². The Morgan fingerprint density at radius 3 is 2.47 bits per heavy atom. The van der Waals surface area contributed by atoms with Gasteiger partial charge < -0.3 is 19.3 Å². The Hall–Kier alpha value is -1.30. The van der Waals surface area contributed by atoms with Gasteiger partial charge in [0.1, 0.15) is 11.5 Å². The lowest BCUT2D eigenvalue weighted by Crippen LogP contribution is -2.30. The Morgan fingerprint density at radius 2 is 1.89 bits per heavy atom. The molecular weight excluding hydrogens is 246 g/mol. The van der Waals surface area contributed by atoms with Crippen molar-refractivity contribution in [3.8, 4) is 11.5 Å². The molecule has 0 amide bonds. The van der Waals surface area contributed by atoms with Gasteiger partial charge in [-0.2, -0.15) is 0 Å². The molecule has 19 heavy (non-hydrogen) atoms. The maximum atomic E-state index is 9.10. The molecule has 0 heterocycles. The van der Waals surface area contributed by atoms with Crippen molar-refractivity contribution in [2.24, 2.45) is 0 Å². The number of hydrogen-bond donors (Lipinski definition) is 1. The summed E-state index contributed by atoms with van der Waals surface area (Å²) in [7, 11) is 4.96. The SMILES string of the molecule is COCCN(CCO)Cc1cc(OC)ccc1OC. The molecule has 0 saturated carbocycles. The predicted molar refractivity (Wildman–Crippen MR) is 73.8 cm³/mol. The zero-order valence-electron chi connectivity index (χ0n) is 11.9. The summed E-state index contributed by atoms with van der Waals surface area (Å²) in [6, 6.07) is 5.71. The van der Waals surface area contributed by atoms with Gasteiger partial charge in [-0.25, -0.2) is 0 Å². The lowest BCUT2D eigenvalue weighted by molar-refractivity contribution is 0.126. The lowest BCUT2D eigenvalue weighted by Gasteiger charge is -2.22. The fourth-order valence-electron chi connectivity index (χ4n) is 1.88. The van der Waals surface area contributed by atoms with Crippen LogP contribution in [0.25, 0.3) is 0 Å². The molecule has 1 aromatic carbocycles. The molecule has 0 radical (unpaired) electrons. The summed E-state index contributed by atoms with van der Waals surface area (Å²) in [5.74, 6) is 1.62. The Kier molecular flexibility index (Phi) is 7.25. The molecule has 108 valence electrons. The van der Waals surface area contributed by atoms with Crippen LogP contribution in [0.4, 0.5) is 0 Å². The zero-order chi connectivity index (χ0) is 14.1. The van der Waals surface area contributed by atoms with E-state index in [0.717, 1.165) is 23.6 Å². The minimum Gasteiger partial charge on any atom is -0.497 e. The van der Waals surface area contributed by atoms with Crippen LogP contribution >= 0.6 is 0 Å². The van der Waals surface area contributed by atoms with Crippen molar-refractivity contribution in [1.29, 1.82) is 0 Å². The summed E-state index contributed by atoms with van der Waals surface area (Å²) >= 11 is 0. The summed E-state index contributed by atoms with van der Waals surface area (Å²) in [6.07, 6.45) is 0. The number of methoxy groups -OCH3 is 3. The van der Waals surface area contributed by atoms with Crippen LogP contribution in [0, 0.1) is 0 Å². The first-order chi connectivity index (χ1) is 9.24. The van der Waals surface area contributed by atoms with Crippen molar-refractivity contribution in [2.45, 2.75) is 6.54 Å². The minimum atomic E-state index is 0.121. The van der Waals surface area contributed by atoms with Crippen LogP contribution in [-0.4, -0.2) is 57.6 Å². The number of aliphatic hydroxyl groups is 1. The Bertz CT molecular complexity index is 370. The highest BCUT2D eigenvalue weighted by Gasteiger charge is 2.10. The molecule has 0 spiro atoms. The van der Waals surface area contributed by atoms with Gasteiger partial charge in [-0.15, -0.1) is 0 Å². The Labute approximate surface area is 114 Å². The maximum Gasteiger partial charge on any atom is 0.123 e. The third-order valence-corrected chi connectivity index (χ3v) is 2.91. The predicted octanol–water partition coefficient (Wildman–Crippen LogP) is 1.14. The third-order valence-electron chi connectivity index (χ3n) is 2.91. The highest BCUT2D eigenvalue weighted by molar-refractivity contribution is 5.40. The van der Waals surface area contributed by atoms with Crippen molar-refractivity contribution in [3.05, 3.63) is 23.8 Å². The second-order valence-electron chi connectivity index (χ2n) is 4.17. The van der Waals surface area contributed by atoms with Gasteiger partial charge in [0.15, 0.2) is 0 Å². The van der Waals surface area contributed by atoms with Crippen LogP contribution in [0.3, 0.4) is 0 Å². The molecule has 5 nitrogen and oxygen atoms in total. The second kappa shape index (κ2) is 8.74. The maximum absolute atomic E-state index is 9.10. The van der Waals surface area contributed by atoms with Crippen LogP contribution in [0.5, 0.6) is 11.5 Å². The fourth-order valence-corrected chi connectivity index (χ4v) is 1.88. The van der Waals surface area contributed by atoms with E-state index in [-0.39, 0.29) is 6.61 Å². The Balaban J connectivity index is 2.80. The van der Waals surface area contributed by atoms with Gasteiger partial charge in [0.05, 0.1) is 27.4 Å². The topological polar surface area (TPSA) is 51.2 Å². The average Bonchev–Trinajstić information content (AvgIpc) is 2.44. The molecule has 0 fully saturated rings. The largest absolute Gasteiger partial charge is 0.497 e. The van der Waals surface area contributed by atoms with Crippen molar-refractivity contribution >= 4 is 0 Å². The van der Waals surface area contributed by atoms with Crippen LogP contribution in [0.1, 0.15) is 5.56 Å². The van der Waals surface area contributed by atoms with Crippen molar-refractivity contribution in [2.75, 3.05) is 47.6 Å². The molecule has 0 aromatic heterocycles. The normalized spacial score (nSPS) is 10.8. The fraction of sp³-hybridized carbons (Fsp3) is 0.571. The zero-order valence-corrected chi connectivity index (χ0v) is 11.9. The molecule has 0 aliphatic carbocycles. The van der Waals surface area contributed by atoms with Crippen molar-refractivity contribution in [3.63, 3.8) is 0 Å². The molecule has 0 aliphatic heterocycles. The summed E-state index contributed by atoms with van der Waals surface area (Å²) in [5, 5.41) is 9.10. The van der Waals surface area contributed by atoms with Gasteiger partial charge in [0.2, 0.25) is 0 Å². The number of hydrogen-bond acceptors (Lipinski definition) is 5. The number of benzene rings is 1. The lowest BCUT2D eigenvalue weighted by atomic mass is 10.1. The van der Waals surface area contributed by atoms with E-state index in [0.29, 0.717) is 19.7 Å². The van der Waals surface area contributed by atoms with Gasteiger partial charge in [-0.05, 0) is 18.2 Å². The first-order valence-corrected chi connectivity index (χ1v) is 6.28. The van der Waals surface area contributed by atoms with E-state index in [1.165, 1.54) is 0 Å². The molecule has 0 aliphatic rings. The highest BCUT2D eigenvalue weighted by Crippen LogP contribution is 2.25. The van der Waals surface area contributed by atoms with Crippen LogP contribution in [0.15, 0.2) is 18.2 Å². The smallest absolute Gasteiger partial charge is 0.123 e. The van der Waals surface area contributed by atoms with E-state index < -0.39 is 0 Å². The molecule has 1 N–H and O–H groups in total. The summed E-state index contributed by atoms with van der Waals surface area (Å²) < 4.78 is 15.7. The quantitative estimate of drug-likeness (QED) is 0.728. The number of ether oxygens (including phenoxy) is 3. The van der Waals surface area contributed by atoms with E-state index in [4.69, 9.17) is 19.3 Å². The molecule has 0 atom stereocenters. The van der Waals surface area contributed by atoms with E-state index >= 15 is 0 Å². The molecular formula is C14H23NO4. The van der Waals surface area contributed by atoms with Gasteiger partial charge in [-0.1, -0.05) is 0 Å². The summed E-state index contributed by atoms with van der Waals surface area (Å²) in [6.45, 7) is 2.80. The molecule has 0 unspecified atom stereocenters. The highest BCUT2D eigenvalue weighted by atomic mass is 16.5. The van der Waals surface area contributed by atoms with E-state index in [2.05, 4.69) is 4.90 Å². The summed E-state index contributed by atoms with van der Waals surface area (Å²) in [4.78, 5) is 2.11. The average molecular weight is 269 g/mol. The first kappa shape index (κ1) is 15.8. The molecule has 0 saturated heterocycles. The van der Waals surface area contributed by atoms with Gasteiger partial charge >= 0.3 is 0 Å². The molecule has 1 aromatic rings. The van der Waals surface area contributed by atoms with E-state index in [1.807, 2.05) is 18.2 Å². The van der Waals surface area contributed by atoms with Crippen molar-refractivity contribution < 1.29 is 19.3 Å². The van der Waals surface area contributed by atoms with Crippen LogP contribution in [0.2, 0.25) is 0 Å². The molecule has 0 bridgehead atoms. The van der Waals surface area contributed by atoms with Gasteiger partial charge in [0, 0.05) is 32.3 Å². The van der Waals surface area contributed by atoms with Crippen molar-refractivity contribution in [1.82, 2.24) is 4.90 Å². The summed E-state index contributed by atoms with van der Waals surface area (Å²) in [5.41, 5.74) is 1.03. The first-order valence-electron chi connectivity index (χ1n) is 6.28. The number of rotatable bonds is 9. The molecule has 1 rings (SSSR count). The third kappa shape index (κ3) is 5.06. The number of aliphatic hydroxyl groups excluding tert-OH is 1. The van der Waals surface area contributed by atoms with Crippen LogP contribution in [-0.2, 0) is 11.3 Å². The standard InChI is InChI=1S/C14H23NO4/c1-17-9-7-15(6-8-16)11-12-10-13(18-2)4-5-14(12)19-3/h4-5,10,16H,6-9,11H2,1-3H3. The number of nitrogens with zero attached hydrogens (tertiary/aromatic N) is 1. The monoisotopic (exact) mass is 269 g/mol. The second-order valence-corrected chi connectivity index (χ2v) is 4.17. The van der Waals surface area contributed by atoms with E-state index in [1.54, 1.807) is 21.3 Å². The minimum absolute atomic E-state index is 0.121. The Morgan fingerprint density at radius 1 is 1.11 bits per heavy atom. The molecule has 5 heteroatoms. The van der Waals surface area contributed by atoms with Gasteiger partial charge in [-0.3, -0.25) is 4.90 Å². The van der Waals surface area contributed by atoms with Crippen LogP contribution < -0.4 is 9.47 Å².